The first-order valence-electron chi connectivity index (χ1n) is 16.0. The van der Waals surface area contributed by atoms with E-state index in [4.69, 9.17) is 9.47 Å². The number of carbonyl (C=O) groups excluding carboxylic acids is 1. The van der Waals surface area contributed by atoms with Gasteiger partial charge in [0.05, 0.1) is 24.5 Å². The van der Waals surface area contributed by atoms with Crippen molar-refractivity contribution in [2.45, 2.75) is 69.5 Å². The lowest BCUT2D eigenvalue weighted by Crippen LogP contribution is -2.54. The second-order valence-corrected chi connectivity index (χ2v) is 11.7. The minimum absolute atomic E-state index is 0.123. The van der Waals surface area contributed by atoms with Crippen molar-refractivity contribution in [1.82, 2.24) is 20.4 Å². The molecule has 1 aliphatic rings. The smallest absolute Gasteiger partial charge is 0.237 e. The van der Waals surface area contributed by atoms with Crippen LogP contribution in [0.4, 0.5) is 0 Å². The molecule has 46 heavy (non-hydrogen) atoms. The number of rotatable bonds is 15. The van der Waals surface area contributed by atoms with Crippen molar-refractivity contribution in [3.63, 3.8) is 0 Å². The van der Waals surface area contributed by atoms with E-state index in [2.05, 4.69) is 22.3 Å². The van der Waals surface area contributed by atoms with Crippen LogP contribution in [0.15, 0.2) is 104 Å². The van der Waals surface area contributed by atoms with Crippen LogP contribution >= 0.6 is 0 Å². The van der Waals surface area contributed by atoms with Gasteiger partial charge < -0.3 is 25.0 Å². The minimum atomic E-state index is -1.29. The van der Waals surface area contributed by atoms with Crippen LogP contribution in [0, 0.1) is 5.92 Å². The molecule has 0 aliphatic heterocycles. The summed E-state index contributed by atoms with van der Waals surface area (Å²) in [6.45, 7) is 4.17. The van der Waals surface area contributed by atoms with Gasteiger partial charge in [0.25, 0.3) is 0 Å². The summed E-state index contributed by atoms with van der Waals surface area (Å²) >= 11 is 0. The van der Waals surface area contributed by atoms with Gasteiger partial charge in [-0.05, 0) is 54.7 Å². The molecule has 4 aromatic rings. The zero-order valence-electron chi connectivity index (χ0n) is 26.3. The normalized spacial score (nSPS) is 16.2. The Morgan fingerprint density at radius 1 is 0.978 bits per heavy atom. The van der Waals surface area contributed by atoms with Crippen LogP contribution in [0.1, 0.15) is 55.0 Å². The van der Waals surface area contributed by atoms with Gasteiger partial charge in [-0.1, -0.05) is 86.0 Å². The molecule has 4 N–H and O–H groups in total. The zero-order valence-corrected chi connectivity index (χ0v) is 26.3. The molecule has 5 rings (SSSR count). The van der Waals surface area contributed by atoms with E-state index in [1.807, 2.05) is 84.9 Å². The molecule has 0 radical (unpaired) electrons. The predicted molar refractivity (Wildman–Crippen MR) is 178 cm³/mol. The van der Waals surface area contributed by atoms with Crippen molar-refractivity contribution in [2.24, 2.45) is 5.92 Å². The van der Waals surface area contributed by atoms with Crippen molar-refractivity contribution < 1.29 is 24.5 Å². The van der Waals surface area contributed by atoms with E-state index >= 15 is 0 Å². The summed E-state index contributed by atoms with van der Waals surface area (Å²) in [5.74, 6) is 0.128. The van der Waals surface area contributed by atoms with Crippen LogP contribution in [0.5, 0.6) is 11.6 Å². The van der Waals surface area contributed by atoms with E-state index < -0.39 is 24.3 Å². The molecule has 242 valence electrons. The van der Waals surface area contributed by atoms with Crippen molar-refractivity contribution in [1.29, 1.82) is 0 Å². The fourth-order valence-electron chi connectivity index (χ4n) is 5.83. The zero-order chi connectivity index (χ0) is 32.3. The third-order valence-corrected chi connectivity index (χ3v) is 8.47. The number of nitrogens with zero attached hydrogens (tertiary/aromatic N) is 2. The first kappa shape index (κ1) is 32.9. The van der Waals surface area contributed by atoms with Gasteiger partial charge >= 0.3 is 0 Å². The SMILES string of the molecule is C=CC(C(O)NC(Cc1ccccc1)C(=O)NC1CCCCC1)C(O)c1cc(OCc2ccc(OC)cc2)n(-c2ccccc2)n1. The highest BCUT2D eigenvalue weighted by Gasteiger charge is 2.32. The number of carbonyl (C=O) groups is 1. The summed E-state index contributed by atoms with van der Waals surface area (Å²) < 4.78 is 13.1. The van der Waals surface area contributed by atoms with Gasteiger partial charge in [0.2, 0.25) is 11.8 Å². The van der Waals surface area contributed by atoms with Crippen molar-refractivity contribution in [3.05, 3.63) is 120 Å². The predicted octanol–water partition coefficient (Wildman–Crippen LogP) is 5.26. The molecule has 0 saturated heterocycles. The maximum Gasteiger partial charge on any atom is 0.237 e. The summed E-state index contributed by atoms with van der Waals surface area (Å²) in [6, 6.07) is 27.8. The summed E-state index contributed by atoms with van der Waals surface area (Å²) in [7, 11) is 1.62. The molecule has 1 saturated carbocycles. The number of nitrogens with one attached hydrogen (secondary N) is 2. The van der Waals surface area contributed by atoms with Gasteiger partial charge in [-0.3, -0.25) is 10.1 Å². The maximum absolute atomic E-state index is 13.5. The van der Waals surface area contributed by atoms with Crippen molar-refractivity contribution in [2.75, 3.05) is 7.11 Å². The van der Waals surface area contributed by atoms with Gasteiger partial charge in [0.1, 0.15) is 24.7 Å². The number of para-hydroxylation sites is 1. The highest BCUT2D eigenvalue weighted by molar-refractivity contribution is 5.82. The molecule has 1 amide bonds. The Bertz CT molecular complexity index is 1520. The average Bonchev–Trinajstić information content (AvgIpc) is 3.53. The summed E-state index contributed by atoms with van der Waals surface area (Å²) in [6.07, 6.45) is 4.61. The molecule has 9 heteroatoms. The summed E-state index contributed by atoms with van der Waals surface area (Å²) in [4.78, 5) is 13.5. The van der Waals surface area contributed by atoms with E-state index in [1.165, 1.54) is 12.5 Å². The molecule has 4 atom stereocenters. The summed E-state index contributed by atoms with van der Waals surface area (Å²) in [5, 5.41) is 34.0. The van der Waals surface area contributed by atoms with E-state index in [9.17, 15) is 15.0 Å². The molecular weight excluding hydrogens is 580 g/mol. The third-order valence-electron chi connectivity index (χ3n) is 8.47. The Morgan fingerprint density at radius 3 is 2.30 bits per heavy atom. The monoisotopic (exact) mass is 624 g/mol. The first-order valence-corrected chi connectivity index (χ1v) is 16.0. The van der Waals surface area contributed by atoms with Gasteiger partial charge in [0.15, 0.2) is 0 Å². The van der Waals surface area contributed by atoms with Crippen LogP contribution in [-0.2, 0) is 17.8 Å². The van der Waals surface area contributed by atoms with E-state index in [1.54, 1.807) is 17.9 Å². The number of aliphatic hydroxyl groups is 2. The fourth-order valence-corrected chi connectivity index (χ4v) is 5.83. The second-order valence-electron chi connectivity index (χ2n) is 11.7. The second kappa shape index (κ2) is 16.2. The van der Waals surface area contributed by atoms with Crippen molar-refractivity contribution >= 4 is 5.91 Å². The highest BCUT2D eigenvalue weighted by Crippen LogP contribution is 2.30. The molecule has 0 spiro atoms. The molecule has 3 aromatic carbocycles. The Morgan fingerprint density at radius 2 is 1.65 bits per heavy atom. The van der Waals surface area contributed by atoms with Crippen LogP contribution in [-0.4, -0.2) is 51.3 Å². The van der Waals surface area contributed by atoms with Gasteiger partial charge in [-0.2, -0.15) is 5.10 Å². The lowest BCUT2D eigenvalue weighted by molar-refractivity contribution is -0.125. The van der Waals surface area contributed by atoms with Gasteiger partial charge in [0, 0.05) is 18.0 Å². The quantitative estimate of drug-likeness (QED) is 0.105. The molecule has 1 fully saturated rings. The molecule has 1 aliphatic carbocycles. The number of benzene rings is 3. The minimum Gasteiger partial charge on any atom is -0.497 e. The van der Waals surface area contributed by atoms with E-state index in [0.29, 0.717) is 18.0 Å². The Labute approximate surface area is 270 Å². The fraction of sp³-hybridized carbons (Fsp3) is 0.351. The third kappa shape index (κ3) is 8.63. The maximum atomic E-state index is 13.5. The van der Waals surface area contributed by atoms with Gasteiger partial charge in [-0.15, -0.1) is 6.58 Å². The number of aliphatic hydroxyl groups excluding tert-OH is 2. The first-order chi connectivity index (χ1) is 22.4. The van der Waals surface area contributed by atoms with Crippen molar-refractivity contribution in [3.8, 4) is 17.3 Å². The number of hydrogen-bond acceptors (Lipinski definition) is 7. The molecule has 9 nitrogen and oxygen atoms in total. The Balaban J connectivity index is 1.34. The van der Waals surface area contributed by atoms with Crippen LogP contribution in [0.25, 0.3) is 5.69 Å². The number of amides is 1. The molecule has 1 aromatic heterocycles. The Kier molecular flexibility index (Phi) is 11.6. The number of hydrogen-bond donors (Lipinski definition) is 4. The average molecular weight is 625 g/mol. The van der Waals surface area contributed by atoms with Crippen LogP contribution in [0.3, 0.4) is 0 Å². The topological polar surface area (TPSA) is 118 Å². The Hall–Kier alpha value is -4.44. The molecular formula is C37H44N4O5. The largest absolute Gasteiger partial charge is 0.497 e. The standard InChI is InChI=1S/C37H44N4O5/c1-3-31(36(43)39-33(23-26-13-7-4-8-14-26)37(44)38-28-15-9-5-10-16-28)35(42)32-24-34(41(40-32)29-17-11-6-12-18-29)46-25-27-19-21-30(45-2)22-20-27/h3-4,6-8,11-14,17-22,24,28,31,33,35-36,39,42-43H,1,5,9-10,15-16,23,25H2,2H3,(H,38,44). The molecule has 1 heterocycles. The highest BCUT2D eigenvalue weighted by atomic mass is 16.5. The molecule has 4 unspecified atom stereocenters. The number of ether oxygens (including phenoxy) is 2. The number of methoxy groups -OCH3 is 1. The molecule has 0 bridgehead atoms. The van der Waals surface area contributed by atoms with Crippen LogP contribution < -0.4 is 20.1 Å². The number of aromatic nitrogens is 2. The van der Waals surface area contributed by atoms with Crippen LogP contribution in [0.2, 0.25) is 0 Å². The van der Waals surface area contributed by atoms with Gasteiger partial charge in [-0.25, -0.2) is 4.68 Å². The lowest BCUT2D eigenvalue weighted by atomic mass is 9.94. The van der Waals surface area contributed by atoms with E-state index in [-0.39, 0.29) is 18.6 Å². The lowest BCUT2D eigenvalue weighted by Gasteiger charge is -2.30. The summed E-state index contributed by atoms with van der Waals surface area (Å²) in [5.41, 5.74) is 2.94. The van der Waals surface area contributed by atoms with E-state index in [0.717, 1.165) is 48.2 Å².